The van der Waals surface area contributed by atoms with Crippen LogP contribution in [0.4, 0.5) is 0 Å². The van der Waals surface area contributed by atoms with E-state index in [9.17, 15) is 28.5 Å². The predicted molar refractivity (Wildman–Crippen MR) is 57.4 cm³/mol. The number of hydrogen-bond acceptors (Lipinski definition) is 6. The first-order valence-corrected chi connectivity index (χ1v) is 8.35. The van der Waals surface area contributed by atoms with Crippen molar-refractivity contribution in [2.24, 2.45) is 0 Å². The molecule has 0 rings (SSSR count). The van der Waals surface area contributed by atoms with Crippen molar-refractivity contribution in [3.63, 3.8) is 0 Å². The van der Waals surface area contributed by atoms with Crippen molar-refractivity contribution in [3.05, 3.63) is 0 Å². The number of rotatable bonds is 9. The van der Waals surface area contributed by atoms with Crippen molar-refractivity contribution in [2.75, 3.05) is 0 Å². The van der Waals surface area contributed by atoms with Gasteiger partial charge in [-0.2, -0.15) is 0 Å². The van der Waals surface area contributed by atoms with Crippen LogP contribution < -0.4 is 47.5 Å². The molecule has 106 valence electrons. The predicted octanol–water partition coefficient (Wildman–Crippen LogP) is -6.52. The number of unbranched alkanes of at least 4 members (excludes halogenated alkanes) is 3. The maximum atomic E-state index is 10.8. The molecule has 0 atom stereocenters. The van der Waals surface area contributed by atoms with E-state index in [1.165, 1.54) is 0 Å². The first-order chi connectivity index (χ1) is 8.05. The Balaban J connectivity index is -0.00000144. The first kappa shape index (κ1) is 25.8. The van der Waals surface area contributed by atoms with Gasteiger partial charge in [0.25, 0.3) is 0 Å². The van der Waals surface area contributed by atoms with Crippen LogP contribution >= 0.6 is 15.2 Å². The van der Waals surface area contributed by atoms with Gasteiger partial charge in [-0.25, -0.2) is 0 Å². The second-order valence-electron chi connectivity index (χ2n) is 3.74. The molecule has 0 amide bonds. The van der Waals surface area contributed by atoms with E-state index in [-0.39, 0.29) is 63.4 Å². The minimum Gasteiger partial charge on any atom is -0.805 e. The molecule has 0 radical (unpaired) electrons. The first-order valence-electron chi connectivity index (χ1n) is 5.19. The third kappa shape index (κ3) is 12.6. The van der Waals surface area contributed by atoms with E-state index in [1.54, 1.807) is 0 Å². The van der Waals surface area contributed by atoms with Crippen molar-refractivity contribution < 1.29 is 76.0 Å². The van der Waals surface area contributed by atoms with Crippen LogP contribution in [0.25, 0.3) is 0 Å². The van der Waals surface area contributed by atoms with Crippen molar-refractivity contribution in [3.8, 4) is 0 Å². The van der Waals surface area contributed by atoms with Gasteiger partial charge < -0.3 is 24.1 Å². The molecule has 0 heterocycles. The van der Waals surface area contributed by atoms with Crippen molar-refractivity contribution in [1.29, 1.82) is 0 Å². The molecule has 0 aliphatic rings. The molecule has 0 fully saturated rings. The average molecular weight is 314 g/mol. The SMILES string of the molecule is O=C(CCCCCCC(=O)P(=O)(O)O)P(=O)([O-])[O-].[Li+].[Li+]. The molecule has 0 saturated heterocycles. The third-order valence-corrected chi connectivity index (χ3v) is 3.87. The molecule has 20 heavy (non-hydrogen) atoms. The molecule has 0 unspecified atom stereocenters. The molecular weight excluding hydrogens is 300 g/mol. The number of hydrogen-bond donors (Lipinski definition) is 2. The Morgan fingerprint density at radius 1 is 0.800 bits per heavy atom. The fraction of sp³-hybridized carbons (Fsp3) is 0.750. The molecule has 0 aliphatic heterocycles. The summed E-state index contributed by atoms with van der Waals surface area (Å²) in [6.07, 6.45) is 0.625. The Morgan fingerprint density at radius 2 is 1.15 bits per heavy atom. The minimum atomic E-state index is -5.15. The summed E-state index contributed by atoms with van der Waals surface area (Å²) in [7, 11) is -9.81. The van der Waals surface area contributed by atoms with Crippen LogP contribution in [-0.4, -0.2) is 20.8 Å². The van der Waals surface area contributed by atoms with Gasteiger partial charge in [0.2, 0.25) is 5.52 Å². The summed E-state index contributed by atoms with van der Waals surface area (Å²) in [5.41, 5.74) is -2.48. The van der Waals surface area contributed by atoms with Crippen LogP contribution in [0, 0.1) is 0 Å². The zero-order valence-corrected chi connectivity index (χ0v) is 13.3. The van der Waals surface area contributed by atoms with Crippen LogP contribution in [0.3, 0.4) is 0 Å². The van der Waals surface area contributed by atoms with Gasteiger partial charge in [-0.3, -0.25) is 14.2 Å². The second-order valence-corrected chi connectivity index (χ2v) is 6.82. The van der Waals surface area contributed by atoms with Crippen molar-refractivity contribution in [1.82, 2.24) is 0 Å². The molecule has 12 heteroatoms. The van der Waals surface area contributed by atoms with Gasteiger partial charge in [0, 0.05) is 20.4 Å². The summed E-state index contributed by atoms with van der Waals surface area (Å²) in [6, 6.07) is 0. The Labute approximate surface area is 140 Å². The number of carbonyl (C=O) groups is 2. The van der Waals surface area contributed by atoms with E-state index in [1.807, 2.05) is 0 Å². The fourth-order valence-corrected chi connectivity index (χ4v) is 2.07. The van der Waals surface area contributed by atoms with E-state index < -0.39 is 26.2 Å². The van der Waals surface area contributed by atoms with E-state index in [0.717, 1.165) is 0 Å². The molecule has 8 nitrogen and oxygen atoms in total. The summed E-state index contributed by atoms with van der Waals surface area (Å²) in [4.78, 5) is 58.9. The summed E-state index contributed by atoms with van der Waals surface area (Å²) >= 11 is 0. The normalized spacial score (nSPS) is 11.2. The van der Waals surface area contributed by atoms with Gasteiger partial charge in [-0.1, -0.05) is 12.8 Å². The van der Waals surface area contributed by atoms with E-state index in [4.69, 9.17) is 9.79 Å². The van der Waals surface area contributed by atoms with Gasteiger partial charge in [0.1, 0.15) is 0 Å². The Kier molecular flexibility index (Phi) is 14.7. The molecule has 0 saturated carbocycles. The van der Waals surface area contributed by atoms with Crippen LogP contribution in [0.15, 0.2) is 0 Å². The van der Waals surface area contributed by atoms with Gasteiger partial charge in [-0.15, -0.1) is 0 Å². The summed E-state index contributed by atoms with van der Waals surface area (Å²) in [6.45, 7) is 0. The Hall–Kier alpha value is 0.835. The molecule has 0 aromatic heterocycles. The van der Waals surface area contributed by atoms with E-state index in [2.05, 4.69) is 0 Å². The Morgan fingerprint density at radius 3 is 1.45 bits per heavy atom. The standard InChI is InChI=1S/C8H16O8P2.2Li/c9-7(17(11,12)13)5-3-1-2-4-6-8(10)18(14,15)16;;/h1-6H2,(H2,11,12,13)(H2,14,15,16);;/q;2*+1/p-2. The summed E-state index contributed by atoms with van der Waals surface area (Å²) in [5, 5.41) is 0. The van der Waals surface area contributed by atoms with E-state index >= 15 is 0 Å². The van der Waals surface area contributed by atoms with Crippen LogP contribution in [0.1, 0.15) is 38.5 Å². The smallest absolute Gasteiger partial charge is 0.805 e. The molecule has 0 aliphatic carbocycles. The van der Waals surface area contributed by atoms with Gasteiger partial charge >= 0.3 is 45.3 Å². The van der Waals surface area contributed by atoms with Crippen LogP contribution in [0.2, 0.25) is 0 Å². The molecule has 0 aromatic rings. The molecule has 0 bridgehead atoms. The molecular formula is C8H14Li2O8P2. The average Bonchev–Trinajstić information content (AvgIpc) is 2.19. The molecule has 0 aromatic carbocycles. The Bertz CT molecular complexity index is 363. The van der Waals surface area contributed by atoms with E-state index in [0.29, 0.717) is 12.8 Å². The maximum absolute atomic E-state index is 10.8. The topological polar surface area (TPSA) is 155 Å². The third-order valence-electron chi connectivity index (χ3n) is 2.16. The van der Waals surface area contributed by atoms with Crippen LogP contribution in [0.5, 0.6) is 0 Å². The quantitative estimate of drug-likeness (QED) is 0.242. The largest absolute Gasteiger partial charge is 1.00 e. The number of carbonyl (C=O) groups excluding carboxylic acids is 2. The maximum Gasteiger partial charge on any atom is 1.00 e. The zero-order chi connectivity index (χ0) is 14.4. The molecule has 2 N–H and O–H groups in total. The van der Waals surface area contributed by atoms with Crippen molar-refractivity contribution in [2.45, 2.75) is 38.5 Å². The fourth-order valence-electron chi connectivity index (χ4n) is 1.19. The zero-order valence-electron chi connectivity index (χ0n) is 11.5. The summed E-state index contributed by atoms with van der Waals surface area (Å²) in [5.74, 6) is 0. The second kappa shape index (κ2) is 11.4. The van der Waals surface area contributed by atoms with Gasteiger partial charge in [-0.05, 0) is 12.8 Å². The molecule has 0 spiro atoms. The van der Waals surface area contributed by atoms with Crippen molar-refractivity contribution >= 4 is 26.2 Å². The van der Waals surface area contributed by atoms with Crippen LogP contribution in [-0.2, 0) is 18.7 Å². The summed E-state index contributed by atoms with van der Waals surface area (Å²) < 4.78 is 20.7. The van der Waals surface area contributed by atoms with Gasteiger partial charge in [0.05, 0.1) is 0 Å². The minimum absolute atomic E-state index is 0. The van der Waals surface area contributed by atoms with Gasteiger partial charge in [0.15, 0.2) is 5.52 Å². The monoisotopic (exact) mass is 314 g/mol.